The molecule has 0 bridgehead atoms. The summed E-state index contributed by atoms with van der Waals surface area (Å²) in [6.45, 7) is 3.34. The van der Waals surface area contributed by atoms with Crippen LogP contribution >= 0.6 is 11.8 Å². The largest absolute Gasteiger partial charge is 0.522 e. The second-order valence-electron chi connectivity index (χ2n) is 6.90. The number of hydrogen-bond donors (Lipinski definition) is 0. The first-order valence-electron chi connectivity index (χ1n) is 9.91. The zero-order valence-electron chi connectivity index (χ0n) is 17.8. The lowest BCUT2D eigenvalue weighted by Crippen LogP contribution is -2.31. The Balaban J connectivity index is 1.68. The standard InChI is InChI=1S/C22H20F3N5O3S/c1-2-4-16(5-3-10-33-22(23,24)25)12-29-15-28-19-11-20(26-14-27-21(19)29)34-13-17-6-8-18(9-7-17)30(31)32/h2-9,11,14-15,20H,1,10,12-13H2/b5-3-,16-4+. The third-order valence-corrected chi connectivity index (χ3v) is 5.56. The van der Waals surface area contributed by atoms with Gasteiger partial charge in [0.25, 0.3) is 5.69 Å². The Kier molecular flexibility index (Phi) is 8.55. The Morgan fingerprint density at radius 3 is 2.76 bits per heavy atom. The highest BCUT2D eigenvalue weighted by Crippen LogP contribution is 2.22. The number of hydrogen-bond acceptors (Lipinski definition) is 7. The molecule has 178 valence electrons. The van der Waals surface area contributed by atoms with E-state index in [4.69, 9.17) is 0 Å². The molecule has 2 heterocycles. The van der Waals surface area contributed by atoms with Crippen LogP contribution in [0.2, 0.25) is 0 Å². The van der Waals surface area contributed by atoms with Gasteiger partial charge < -0.3 is 4.57 Å². The number of halogens is 3. The van der Waals surface area contributed by atoms with Crippen LogP contribution in [0, 0.1) is 10.1 Å². The molecule has 12 heteroatoms. The maximum absolute atomic E-state index is 12.1. The molecule has 1 atom stereocenters. The Labute approximate surface area is 196 Å². The molecule has 1 aliphatic heterocycles. The first-order chi connectivity index (χ1) is 16.2. The summed E-state index contributed by atoms with van der Waals surface area (Å²) in [4.78, 5) is 23.5. The van der Waals surface area contributed by atoms with Crippen molar-refractivity contribution in [3.8, 4) is 0 Å². The summed E-state index contributed by atoms with van der Waals surface area (Å²) >= 11 is 1.51. The van der Waals surface area contributed by atoms with Gasteiger partial charge in [-0.25, -0.2) is 9.98 Å². The Morgan fingerprint density at radius 2 is 2.09 bits per heavy atom. The molecule has 0 radical (unpaired) electrons. The third-order valence-electron chi connectivity index (χ3n) is 4.46. The van der Waals surface area contributed by atoms with Crippen molar-refractivity contribution in [1.29, 1.82) is 0 Å². The zero-order valence-corrected chi connectivity index (χ0v) is 18.6. The molecule has 0 amide bonds. The number of fused-ring (bicyclic) bond motifs is 1. The van der Waals surface area contributed by atoms with Crippen molar-refractivity contribution in [2.75, 3.05) is 6.61 Å². The molecule has 0 aliphatic carbocycles. The van der Waals surface area contributed by atoms with Gasteiger partial charge in [0, 0.05) is 17.9 Å². The van der Waals surface area contributed by atoms with Crippen LogP contribution in [-0.4, -0.2) is 39.2 Å². The van der Waals surface area contributed by atoms with Crippen LogP contribution < -0.4 is 10.8 Å². The van der Waals surface area contributed by atoms with E-state index in [2.05, 4.69) is 26.3 Å². The lowest BCUT2D eigenvalue weighted by atomic mass is 10.2. The Morgan fingerprint density at radius 1 is 1.32 bits per heavy atom. The van der Waals surface area contributed by atoms with Crippen molar-refractivity contribution in [3.63, 3.8) is 0 Å². The number of allylic oxidation sites excluding steroid dienone is 4. The molecule has 1 unspecified atom stereocenters. The average Bonchev–Trinajstić information content (AvgIpc) is 3.03. The van der Waals surface area contributed by atoms with Crippen LogP contribution in [0.5, 0.6) is 0 Å². The average molecular weight is 491 g/mol. The number of thioether (sulfide) groups is 1. The number of benzene rings is 1. The van der Waals surface area contributed by atoms with E-state index < -0.39 is 17.9 Å². The summed E-state index contributed by atoms with van der Waals surface area (Å²) in [5, 5.41) is 11.1. The highest BCUT2D eigenvalue weighted by Gasteiger charge is 2.28. The quantitative estimate of drug-likeness (QED) is 0.287. The SMILES string of the molecule is C=C/C=C(\C=C/COC(F)(F)F)Cn1cnc2c1=NC=NC(SCc1ccc([N+](=O)[O-])cc1)C=2. The predicted molar refractivity (Wildman–Crippen MR) is 124 cm³/mol. The van der Waals surface area contributed by atoms with Gasteiger partial charge in [0.2, 0.25) is 0 Å². The number of imidazole rings is 1. The summed E-state index contributed by atoms with van der Waals surface area (Å²) in [5.74, 6) is 0.587. The van der Waals surface area contributed by atoms with E-state index in [1.54, 1.807) is 29.1 Å². The van der Waals surface area contributed by atoms with E-state index in [9.17, 15) is 23.3 Å². The summed E-state index contributed by atoms with van der Waals surface area (Å²) in [6.07, 6.45) is 6.22. The van der Waals surface area contributed by atoms with Crippen molar-refractivity contribution < 1.29 is 22.8 Å². The zero-order chi connectivity index (χ0) is 24.6. The molecule has 0 saturated heterocycles. The van der Waals surface area contributed by atoms with Crippen molar-refractivity contribution in [3.05, 3.63) is 93.6 Å². The van der Waals surface area contributed by atoms with Gasteiger partial charge in [-0.1, -0.05) is 43.0 Å². The second-order valence-corrected chi connectivity index (χ2v) is 8.01. The Bertz CT molecular complexity index is 1230. The van der Waals surface area contributed by atoms with Crippen LogP contribution in [0.25, 0.3) is 6.08 Å². The summed E-state index contributed by atoms with van der Waals surface area (Å²) in [7, 11) is 0. The van der Waals surface area contributed by atoms with Crippen LogP contribution in [0.3, 0.4) is 0 Å². The molecule has 0 saturated carbocycles. The van der Waals surface area contributed by atoms with Crippen molar-refractivity contribution >= 4 is 29.9 Å². The molecule has 8 nitrogen and oxygen atoms in total. The van der Waals surface area contributed by atoms with E-state index in [1.807, 2.05) is 6.08 Å². The molecule has 3 rings (SSSR count). The molecule has 2 aromatic rings. The Hall–Kier alpha value is -3.51. The fourth-order valence-corrected chi connectivity index (χ4v) is 3.86. The maximum Gasteiger partial charge on any atom is 0.522 e. The molecule has 0 fully saturated rings. The first-order valence-corrected chi connectivity index (χ1v) is 11.0. The van der Waals surface area contributed by atoms with E-state index in [0.717, 1.165) is 5.56 Å². The minimum Gasteiger partial charge on any atom is -0.311 e. The summed E-state index contributed by atoms with van der Waals surface area (Å²) in [6, 6.07) is 6.33. The van der Waals surface area contributed by atoms with Crippen LogP contribution in [0.4, 0.5) is 18.9 Å². The normalized spacial score (nSPS) is 16.0. The number of aromatic nitrogens is 2. The predicted octanol–water partition coefficient (Wildman–Crippen LogP) is 3.70. The first kappa shape index (κ1) is 25.1. The molecule has 1 aromatic heterocycles. The topological polar surface area (TPSA) is 94.9 Å². The molecule has 34 heavy (non-hydrogen) atoms. The van der Waals surface area contributed by atoms with Crippen LogP contribution in [-0.2, 0) is 17.0 Å². The number of alkyl halides is 3. The molecule has 0 N–H and O–H groups in total. The number of ether oxygens (including phenoxy) is 1. The van der Waals surface area contributed by atoms with Gasteiger partial charge in [0.15, 0.2) is 5.49 Å². The number of non-ortho nitro benzene ring substituents is 1. The van der Waals surface area contributed by atoms with Crippen LogP contribution in [0.15, 0.2) is 77.0 Å². The van der Waals surface area contributed by atoms with E-state index in [1.165, 1.54) is 48.5 Å². The van der Waals surface area contributed by atoms with Gasteiger partial charge >= 0.3 is 6.36 Å². The number of nitro groups is 1. The minimum absolute atomic E-state index is 0.0365. The highest BCUT2D eigenvalue weighted by atomic mass is 32.2. The van der Waals surface area contributed by atoms with E-state index in [0.29, 0.717) is 28.7 Å². The fourth-order valence-electron chi connectivity index (χ4n) is 2.93. The number of aliphatic imine (C=N–C) groups is 1. The van der Waals surface area contributed by atoms with E-state index in [-0.39, 0.29) is 11.1 Å². The van der Waals surface area contributed by atoms with Gasteiger partial charge in [0.05, 0.1) is 24.4 Å². The lowest BCUT2D eigenvalue weighted by Gasteiger charge is -2.06. The molecule has 1 aliphatic rings. The summed E-state index contributed by atoms with van der Waals surface area (Å²) in [5.41, 5.74) is 2.21. The second kappa shape index (κ2) is 11.6. The van der Waals surface area contributed by atoms with Gasteiger partial charge in [-0.3, -0.25) is 19.8 Å². The lowest BCUT2D eigenvalue weighted by molar-refractivity contribution is -0.384. The van der Waals surface area contributed by atoms with Gasteiger partial charge in [-0.15, -0.1) is 24.9 Å². The monoisotopic (exact) mass is 491 g/mol. The number of nitro benzene ring substituents is 1. The number of rotatable bonds is 10. The molecular formula is C22H20F3N5O3S. The van der Waals surface area contributed by atoms with E-state index >= 15 is 0 Å². The van der Waals surface area contributed by atoms with Crippen molar-refractivity contribution in [1.82, 2.24) is 9.55 Å². The third kappa shape index (κ3) is 7.52. The van der Waals surface area contributed by atoms with Gasteiger partial charge in [-0.2, -0.15) is 0 Å². The van der Waals surface area contributed by atoms with Crippen molar-refractivity contribution in [2.24, 2.45) is 9.98 Å². The molecular weight excluding hydrogens is 471 g/mol. The highest BCUT2D eigenvalue weighted by molar-refractivity contribution is 7.99. The van der Waals surface area contributed by atoms with Gasteiger partial charge in [0.1, 0.15) is 17.1 Å². The number of nitrogens with zero attached hydrogens (tertiary/aromatic N) is 5. The molecule has 1 aromatic carbocycles. The fraction of sp³-hybridized carbons (Fsp3) is 0.227. The smallest absolute Gasteiger partial charge is 0.311 e. The van der Waals surface area contributed by atoms with Crippen molar-refractivity contribution in [2.45, 2.75) is 24.0 Å². The maximum atomic E-state index is 12.1. The summed E-state index contributed by atoms with van der Waals surface area (Å²) < 4.78 is 41.9. The molecule has 0 spiro atoms. The minimum atomic E-state index is -4.69. The van der Waals surface area contributed by atoms with Gasteiger partial charge in [-0.05, 0) is 17.2 Å². The van der Waals surface area contributed by atoms with Crippen LogP contribution in [0.1, 0.15) is 5.56 Å².